The highest BCUT2D eigenvalue weighted by molar-refractivity contribution is 5.88. The van der Waals surface area contributed by atoms with Gasteiger partial charge in [-0.05, 0) is 6.54 Å². The highest BCUT2D eigenvalue weighted by Crippen LogP contribution is 2.09. The first-order valence-corrected chi connectivity index (χ1v) is 3.76. The molecular weight excluding hydrogens is 179 g/mol. The maximum Gasteiger partial charge on any atom is 0.326 e. The van der Waals surface area contributed by atoms with Crippen LogP contribution in [0.2, 0.25) is 0 Å². The second-order valence-corrected chi connectivity index (χ2v) is 2.85. The molecule has 6 heteroatoms. The molecular formula is C7H13FN2O3. The molecule has 0 fully saturated rings. The largest absolute Gasteiger partial charge is 0.480 e. The molecule has 13 heavy (non-hydrogen) atoms. The lowest BCUT2D eigenvalue weighted by Crippen LogP contribution is -2.51. The van der Waals surface area contributed by atoms with Gasteiger partial charge in [-0.15, -0.1) is 0 Å². The molecule has 0 aliphatic heterocycles. The van der Waals surface area contributed by atoms with Gasteiger partial charge < -0.3 is 16.6 Å². The summed E-state index contributed by atoms with van der Waals surface area (Å²) in [6, 6.07) is 0. The van der Waals surface area contributed by atoms with Crippen LogP contribution in [0.25, 0.3) is 0 Å². The van der Waals surface area contributed by atoms with Crippen LogP contribution in [-0.4, -0.2) is 35.6 Å². The van der Waals surface area contributed by atoms with E-state index in [1.165, 1.54) is 0 Å². The molecule has 0 aromatic heterocycles. The fraction of sp³-hybridized carbons (Fsp3) is 0.714. The van der Waals surface area contributed by atoms with Crippen molar-refractivity contribution in [3.8, 4) is 0 Å². The molecule has 0 radical (unpaired) electrons. The average Bonchev–Trinajstić information content (AvgIpc) is 2.04. The van der Waals surface area contributed by atoms with E-state index in [9.17, 15) is 14.0 Å². The average molecular weight is 192 g/mol. The molecule has 0 aromatic rings. The van der Waals surface area contributed by atoms with Crippen molar-refractivity contribution in [2.75, 3.05) is 13.2 Å². The number of carboxylic acid groups (broad SMARTS) is 1. The second-order valence-electron chi connectivity index (χ2n) is 2.85. The maximum atomic E-state index is 12.2. The third kappa shape index (κ3) is 3.47. The van der Waals surface area contributed by atoms with Gasteiger partial charge in [0.25, 0.3) is 0 Å². The SMILES string of the molecule is NCCC(=O)CC(N)(CF)C(=O)O. The Morgan fingerprint density at radius 2 is 2.00 bits per heavy atom. The number of hydrogen-bond donors (Lipinski definition) is 3. The van der Waals surface area contributed by atoms with E-state index in [1.807, 2.05) is 0 Å². The van der Waals surface area contributed by atoms with E-state index >= 15 is 0 Å². The quantitative estimate of drug-likeness (QED) is 0.502. The topological polar surface area (TPSA) is 106 Å². The van der Waals surface area contributed by atoms with E-state index in [0.29, 0.717) is 0 Å². The fourth-order valence-corrected chi connectivity index (χ4v) is 0.781. The van der Waals surface area contributed by atoms with Crippen molar-refractivity contribution in [3.63, 3.8) is 0 Å². The first kappa shape index (κ1) is 12.0. The van der Waals surface area contributed by atoms with E-state index < -0.39 is 30.4 Å². The first-order chi connectivity index (χ1) is 5.96. The number of hydrogen-bond acceptors (Lipinski definition) is 4. The molecule has 0 rings (SSSR count). The van der Waals surface area contributed by atoms with Crippen molar-refractivity contribution in [1.29, 1.82) is 0 Å². The van der Waals surface area contributed by atoms with Gasteiger partial charge in [0.15, 0.2) is 0 Å². The van der Waals surface area contributed by atoms with Gasteiger partial charge in [-0.25, -0.2) is 4.39 Å². The Labute approximate surface area is 74.9 Å². The Hall–Kier alpha value is -1.01. The predicted molar refractivity (Wildman–Crippen MR) is 43.8 cm³/mol. The zero-order chi connectivity index (χ0) is 10.5. The van der Waals surface area contributed by atoms with Gasteiger partial charge in [0.2, 0.25) is 0 Å². The summed E-state index contributed by atoms with van der Waals surface area (Å²) in [7, 11) is 0. The summed E-state index contributed by atoms with van der Waals surface area (Å²) in [5.41, 5.74) is 8.11. The van der Waals surface area contributed by atoms with Crippen LogP contribution >= 0.6 is 0 Å². The van der Waals surface area contributed by atoms with Crippen LogP contribution in [0.5, 0.6) is 0 Å². The van der Waals surface area contributed by atoms with Crippen LogP contribution in [0.4, 0.5) is 4.39 Å². The van der Waals surface area contributed by atoms with E-state index in [2.05, 4.69) is 0 Å². The number of alkyl halides is 1. The van der Waals surface area contributed by atoms with Gasteiger partial charge in [0.05, 0.1) is 0 Å². The third-order valence-corrected chi connectivity index (χ3v) is 1.60. The van der Waals surface area contributed by atoms with Gasteiger partial charge in [-0.1, -0.05) is 0 Å². The van der Waals surface area contributed by atoms with Crippen LogP contribution in [0.3, 0.4) is 0 Å². The summed E-state index contributed by atoms with van der Waals surface area (Å²) in [6.45, 7) is -1.15. The standard InChI is InChI=1S/C7H13FN2O3/c8-4-7(10,6(12)13)3-5(11)1-2-9/h1-4,9-10H2,(H,12,13). The smallest absolute Gasteiger partial charge is 0.326 e. The highest BCUT2D eigenvalue weighted by Gasteiger charge is 2.36. The number of carbonyl (C=O) groups is 2. The molecule has 1 atom stereocenters. The lowest BCUT2D eigenvalue weighted by molar-refractivity contribution is -0.146. The van der Waals surface area contributed by atoms with Crippen molar-refractivity contribution >= 4 is 11.8 Å². The second kappa shape index (κ2) is 4.88. The molecule has 0 amide bonds. The van der Waals surface area contributed by atoms with Crippen LogP contribution in [0.15, 0.2) is 0 Å². The summed E-state index contributed by atoms with van der Waals surface area (Å²) in [5.74, 6) is -1.95. The number of rotatable bonds is 6. The van der Waals surface area contributed by atoms with Gasteiger partial charge in [-0.3, -0.25) is 9.59 Å². The number of ketones is 1. The molecule has 0 spiro atoms. The zero-order valence-electron chi connectivity index (χ0n) is 7.12. The fourth-order valence-electron chi connectivity index (χ4n) is 0.781. The summed E-state index contributed by atoms with van der Waals surface area (Å²) in [5, 5.41) is 8.50. The Morgan fingerprint density at radius 3 is 2.31 bits per heavy atom. The number of carbonyl (C=O) groups excluding carboxylic acids is 1. The minimum absolute atomic E-state index is 0.0201. The number of Topliss-reactive ketones (excluding diaryl/α,β-unsaturated/α-hetero) is 1. The minimum Gasteiger partial charge on any atom is -0.480 e. The predicted octanol–water partition coefficient (Wildman–Crippen LogP) is -0.954. The number of halogens is 1. The van der Waals surface area contributed by atoms with Crippen molar-refractivity contribution in [2.24, 2.45) is 11.5 Å². The molecule has 0 aliphatic carbocycles. The molecule has 5 N–H and O–H groups in total. The monoisotopic (exact) mass is 192 g/mol. The normalized spacial score (nSPS) is 15.0. The number of nitrogens with two attached hydrogens (primary N) is 2. The highest BCUT2D eigenvalue weighted by atomic mass is 19.1. The van der Waals surface area contributed by atoms with Crippen LogP contribution in [-0.2, 0) is 9.59 Å². The summed E-state index contributed by atoms with van der Waals surface area (Å²) >= 11 is 0. The molecule has 0 aromatic carbocycles. The van der Waals surface area contributed by atoms with E-state index in [1.54, 1.807) is 0 Å². The molecule has 0 saturated carbocycles. The third-order valence-electron chi connectivity index (χ3n) is 1.60. The van der Waals surface area contributed by atoms with Crippen molar-refractivity contribution in [1.82, 2.24) is 0 Å². The zero-order valence-corrected chi connectivity index (χ0v) is 7.12. The maximum absolute atomic E-state index is 12.2. The lowest BCUT2D eigenvalue weighted by Gasteiger charge is -2.19. The Morgan fingerprint density at radius 1 is 1.46 bits per heavy atom. The van der Waals surface area contributed by atoms with E-state index in [4.69, 9.17) is 16.6 Å². The van der Waals surface area contributed by atoms with Crippen molar-refractivity contribution < 1.29 is 19.1 Å². The molecule has 0 bridgehead atoms. The lowest BCUT2D eigenvalue weighted by atomic mass is 9.94. The van der Waals surface area contributed by atoms with E-state index in [0.717, 1.165) is 0 Å². The van der Waals surface area contributed by atoms with Gasteiger partial charge in [0.1, 0.15) is 18.0 Å². The number of carboxylic acids is 1. The van der Waals surface area contributed by atoms with Crippen molar-refractivity contribution in [2.45, 2.75) is 18.4 Å². The van der Waals surface area contributed by atoms with Crippen LogP contribution < -0.4 is 11.5 Å². The van der Waals surface area contributed by atoms with Crippen LogP contribution in [0, 0.1) is 0 Å². The molecule has 0 heterocycles. The summed E-state index contributed by atoms with van der Waals surface area (Å²) in [6.07, 6.45) is -0.498. The van der Waals surface area contributed by atoms with Gasteiger partial charge in [-0.2, -0.15) is 0 Å². The summed E-state index contributed by atoms with van der Waals surface area (Å²) < 4.78 is 12.2. The van der Waals surface area contributed by atoms with Gasteiger partial charge in [0, 0.05) is 12.8 Å². The summed E-state index contributed by atoms with van der Waals surface area (Å²) in [4.78, 5) is 21.4. The molecule has 76 valence electrons. The molecule has 0 saturated heterocycles. The molecule has 5 nitrogen and oxygen atoms in total. The number of aliphatic carboxylic acids is 1. The van der Waals surface area contributed by atoms with Gasteiger partial charge >= 0.3 is 5.97 Å². The Balaban J connectivity index is 4.27. The molecule has 0 aliphatic rings. The first-order valence-electron chi connectivity index (χ1n) is 3.76. The Kier molecular flexibility index (Phi) is 4.50. The molecule has 1 unspecified atom stereocenters. The van der Waals surface area contributed by atoms with Crippen molar-refractivity contribution in [3.05, 3.63) is 0 Å². The Bertz CT molecular complexity index is 210. The minimum atomic E-state index is -2.09. The van der Waals surface area contributed by atoms with E-state index in [-0.39, 0.29) is 13.0 Å². The van der Waals surface area contributed by atoms with Crippen LogP contribution in [0.1, 0.15) is 12.8 Å².